The summed E-state index contributed by atoms with van der Waals surface area (Å²) in [5.74, 6) is 0.377. The van der Waals surface area contributed by atoms with Gasteiger partial charge in [0.15, 0.2) is 23.0 Å². The number of phenolic OH excluding ortho intramolecular Hbond substituents is 1. The average molecular weight is 493 g/mol. The van der Waals surface area contributed by atoms with Crippen LogP contribution in [0.1, 0.15) is 42.1 Å². The molecule has 0 aromatic heterocycles. The highest BCUT2D eigenvalue weighted by atomic mass is 16.7. The van der Waals surface area contributed by atoms with Crippen LogP contribution in [-0.4, -0.2) is 81.7 Å². The van der Waals surface area contributed by atoms with E-state index in [-0.39, 0.29) is 24.7 Å². The van der Waals surface area contributed by atoms with Gasteiger partial charge in [-0.25, -0.2) is 0 Å². The van der Waals surface area contributed by atoms with Crippen molar-refractivity contribution in [3.63, 3.8) is 0 Å². The number of ether oxygens (including phenoxy) is 4. The lowest BCUT2D eigenvalue weighted by Crippen LogP contribution is -2.58. The molecule has 7 atom stereocenters. The zero-order chi connectivity index (χ0) is 25.3. The molecule has 0 bridgehead atoms. The lowest BCUT2D eigenvalue weighted by molar-refractivity contribution is -0.268. The normalized spacial score (nSPS) is 30.0. The molecule has 6 N–H and O–H groups in total. The fraction of sp³-hybridized carbons (Fsp3) is 0.520. The number of rotatable bonds is 8. The molecule has 2 aliphatic rings. The number of hydrogen-bond acceptors (Lipinski definition) is 10. The number of benzene rings is 2. The molecule has 192 valence electrons. The monoisotopic (exact) mass is 492 g/mol. The Balaban J connectivity index is 1.58. The SMILES string of the molecule is COc1cc(C2Oc3c(O)cc(CCCO)cc3C2CO)ccc1O[C@H]1O[C@H](C)[C@@H](O)[C@H](O)[C@@H]1O. The first-order valence-corrected chi connectivity index (χ1v) is 11.6. The van der Waals surface area contributed by atoms with E-state index in [9.17, 15) is 25.5 Å². The topological polar surface area (TPSA) is 158 Å². The Bertz CT molecular complexity index is 1030. The molecule has 0 spiro atoms. The van der Waals surface area contributed by atoms with Gasteiger partial charge in [-0.3, -0.25) is 0 Å². The molecule has 1 fully saturated rings. The highest BCUT2D eigenvalue weighted by Gasteiger charge is 2.43. The Hall–Kier alpha value is -2.60. The molecule has 0 saturated carbocycles. The Morgan fingerprint density at radius 1 is 0.971 bits per heavy atom. The molecule has 0 aliphatic carbocycles. The van der Waals surface area contributed by atoms with Crippen LogP contribution in [0.2, 0.25) is 0 Å². The fourth-order valence-electron chi connectivity index (χ4n) is 4.59. The van der Waals surface area contributed by atoms with E-state index in [1.165, 1.54) is 7.11 Å². The minimum Gasteiger partial charge on any atom is -0.504 e. The number of aryl methyl sites for hydroxylation is 1. The predicted molar refractivity (Wildman–Crippen MR) is 123 cm³/mol. The maximum absolute atomic E-state index is 10.5. The van der Waals surface area contributed by atoms with Crippen LogP contribution in [0.4, 0.5) is 0 Å². The molecule has 1 saturated heterocycles. The van der Waals surface area contributed by atoms with Crippen LogP contribution in [-0.2, 0) is 11.2 Å². The van der Waals surface area contributed by atoms with Gasteiger partial charge in [-0.2, -0.15) is 0 Å². The molecule has 2 unspecified atom stereocenters. The second kappa shape index (κ2) is 10.6. The van der Waals surface area contributed by atoms with E-state index >= 15 is 0 Å². The molecule has 35 heavy (non-hydrogen) atoms. The van der Waals surface area contributed by atoms with Gasteiger partial charge in [0.2, 0.25) is 6.29 Å². The van der Waals surface area contributed by atoms with Gasteiger partial charge < -0.3 is 49.6 Å². The number of aliphatic hydroxyl groups is 5. The van der Waals surface area contributed by atoms with Gasteiger partial charge in [-0.1, -0.05) is 12.1 Å². The minimum absolute atomic E-state index is 0.0263. The van der Waals surface area contributed by atoms with Crippen LogP contribution in [0.3, 0.4) is 0 Å². The van der Waals surface area contributed by atoms with Gasteiger partial charge in [0.05, 0.1) is 25.7 Å². The number of fused-ring (bicyclic) bond motifs is 1. The summed E-state index contributed by atoms with van der Waals surface area (Å²) in [5, 5.41) is 60.0. The summed E-state index contributed by atoms with van der Waals surface area (Å²) in [7, 11) is 1.44. The van der Waals surface area contributed by atoms with E-state index in [2.05, 4.69) is 0 Å². The summed E-state index contributed by atoms with van der Waals surface area (Å²) in [6, 6.07) is 8.46. The minimum atomic E-state index is -1.47. The van der Waals surface area contributed by atoms with Crippen molar-refractivity contribution in [2.75, 3.05) is 20.3 Å². The number of methoxy groups -OCH3 is 1. The highest BCUT2D eigenvalue weighted by molar-refractivity contribution is 5.55. The van der Waals surface area contributed by atoms with Crippen LogP contribution in [0.15, 0.2) is 30.3 Å². The third-order valence-electron chi connectivity index (χ3n) is 6.56. The Labute approximate surface area is 202 Å². The molecule has 2 aromatic carbocycles. The molecular weight excluding hydrogens is 460 g/mol. The van der Waals surface area contributed by atoms with Crippen LogP contribution in [0.25, 0.3) is 0 Å². The van der Waals surface area contributed by atoms with Crippen LogP contribution in [0, 0.1) is 0 Å². The predicted octanol–water partition coefficient (Wildman–Crippen LogP) is 0.742. The number of phenols is 1. The standard InChI is InChI=1S/C25H32O10/c1-12-20(29)21(30)22(31)25(33-12)34-18-6-5-14(10-19(18)32-2)23-16(11-27)15-8-13(4-3-7-26)9-17(28)24(15)35-23/h5-6,8-10,12,16,20-23,25-31H,3-4,7,11H2,1-2H3/t12-,16?,20-,21+,22+,23?,25-/m1/s1. The van der Waals surface area contributed by atoms with Crippen LogP contribution < -0.4 is 14.2 Å². The summed E-state index contributed by atoms with van der Waals surface area (Å²) < 4.78 is 22.8. The molecule has 0 amide bonds. The molecule has 10 heteroatoms. The lowest BCUT2D eigenvalue weighted by atomic mass is 9.90. The van der Waals surface area contributed by atoms with E-state index in [0.29, 0.717) is 35.5 Å². The third-order valence-corrected chi connectivity index (χ3v) is 6.56. The number of aliphatic hydroxyl groups excluding tert-OH is 5. The summed E-state index contributed by atoms with van der Waals surface area (Å²) >= 11 is 0. The average Bonchev–Trinajstić information content (AvgIpc) is 3.24. The van der Waals surface area contributed by atoms with Crippen molar-refractivity contribution in [2.24, 2.45) is 0 Å². The van der Waals surface area contributed by atoms with Crippen LogP contribution >= 0.6 is 0 Å². The second-order valence-corrected chi connectivity index (χ2v) is 8.90. The molecule has 2 aromatic rings. The van der Waals surface area contributed by atoms with E-state index in [0.717, 1.165) is 5.56 Å². The summed E-state index contributed by atoms with van der Waals surface area (Å²) in [6.07, 6.45) is -5.60. The number of aromatic hydroxyl groups is 1. The van der Waals surface area contributed by atoms with Gasteiger partial charge in [0.1, 0.15) is 24.4 Å². The Kier molecular flexibility index (Phi) is 7.70. The van der Waals surface area contributed by atoms with Crippen molar-refractivity contribution in [1.82, 2.24) is 0 Å². The first kappa shape index (κ1) is 25.5. The zero-order valence-electron chi connectivity index (χ0n) is 19.6. The maximum Gasteiger partial charge on any atom is 0.229 e. The fourth-order valence-corrected chi connectivity index (χ4v) is 4.59. The summed E-state index contributed by atoms with van der Waals surface area (Å²) in [4.78, 5) is 0. The lowest BCUT2D eigenvalue weighted by Gasteiger charge is -2.39. The van der Waals surface area contributed by atoms with Crippen molar-refractivity contribution in [2.45, 2.75) is 62.5 Å². The molecule has 2 heterocycles. The van der Waals surface area contributed by atoms with Crippen molar-refractivity contribution in [3.05, 3.63) is 47.0 Å². The first-order chi connectivity index (χ1) is 16.8. The van der Waals surface area contributed by atoms with Gasteiger partial charge >= 0.3 is 0 Å². The first-order valence-electron chi connectivity index (χ1n) is 11.6. The van der Waals surface area contributed by atoms with Gasteiger partial charge in [-0.05, 0) is 49.1 Å². The van der Waals surface area contributed by atoms with Crippen molar-refractivity contribution >= 4 is 0 Å². The van der Waals surface area contributed by atoms with E-state index < -0.39 is 42.7 Å². The zero-order valence-corrected chi connectivity index (χ0v) is 19.6. The molecule has 2 aliphatic heterocycles. The van der Waals surface area contributed by atoms with Gasteiger partial charge in [-0.15, -0.1) is 0 Å². The van der Waals surface area contributed by atoms with Crippen molar-refractivity contribution in [3.8, 4) is 23.0 Å². The van der Waals surface area contributed by atoms with Crippen LogP contribution in [0.5, 0.6) is 23.0 Å². The molecule has 0 radical (unpaired) electrons. The smallest absolute Gasteiger partial charge is 0.229 e. The molecule has 4 rings (SSSR count). The van der Waals surface area contributed by atoms with E-state index in [1.807, 2.05) is 6.07 Å². The summed E-state index contributed by atoms with van der Waals surface area (Å²) in [5.41, 5.74) is 2.19. The third kappa shape index (κ3) is 4.90. The highest BCUT2D eigenvalue weighted by Crippen LogP contribution is 2.51. The second-order valence-electron chi connectivity index (χ2n) is 8.90. The maximum atomic E-state index is 10.5. The van der Waals surface area contributed by atoms with Gasteiger partial charge in [0, 0.05) is 12.2 Å². The Morgan fingerprint density at radius 3 is 2.43 bits per heavy atom. The largest absolute Gasteiger partial charge is 0.504 e. The van der Waals surface area contributed by atoms with Crippen molar-refractivity contribution < 1.29 is 49.6 Å². The Morgan fingerprint density at radius 2 is 1.74 bits per heavy atom. The number of hydrogen-bond donors (Lipinski definition) is 6. The quantitative estimate of drug-likeness (QED) is 0.310. The van der Waals surface area contributed by atoms with Gasteiger partial charge in [0.25, 0.3) is 0 Å². The molecule has 10 nitrogen and oxygen atoms in total. The van der Waals surface area contributed by atoms with Crippen molar-refractivity contribution in [1.29, 1.82) is 0 Å². The van der Waals surface area contributed by atoms with E-state index in [4.69, 9.17) is 24.1 Å². The molecular formula is C25H32O10. The summed E-state index contributed by atoms with van der Waals surface area (Å²) in [6.45, 7) is 1.38. The van der Waals surface area contributed by atoms with E-state index in [1.54, 1.807) is 31.2 Å².